The van der Waals surface area contributed by atoms with Crippen LogP contribution in [0.4, 0.5) is 30.4 Å². The van der Waals surface area contributed by atoms with Gasteiger partial charge in [-0.05, 0) is 37.1 Å². The van der Waals surface area contributed by atoms with E-state index in [9.17, 15) is 22.8 Å². The van der Waals surface area contributed by atoms with E-state index in [4.69, 9.17) is 0 Å². The number of aromatic amines is 1. The third kappa shape index (κ3) is 4.68. The molecule has 3 N–H and O–H groups in total. The van der Waals surface area contributed by atoms with Gasteiger partial charge in [-0.15, -0.1) is 0 Å². The number of amides is 2. The molecule has 0 bridgehead atoms. The predicted octanol–water partition coefficient (Wildman–Crippen LogP) is 3.32. The summed E-state index contributed by atoms with van der Waals surface area (Å²) in [5.74, 6) is -0.475. The zero-order valence-corrected chi connectivity index (χ0v) is 16.6. The third-order valence-corrected chi connectivity index (χ3v) is 4.87. The summed E-state index contributed by atoms with van der Waals surface area (Å²) in [6.07, 6.45) is 1.21. The minimum absolute atomic E-state index is 0.0261. The van der Waals surface area contributed by atoms with Crippen molar-refractivity contribution in [1.29, 1.82) is 0 Å². The number of halogens is 3. The number of H-pyrrole nitrogens is 1. The molecule has 0 unspecified atom stereocenters. The molecule has 0 aromatic carbocycles. The van der Waals surface area contributed by atoms with Crippen LogP contribution in [-0.4, -0.2) is 45.1 Å². The van der Waals surface area contributed by atoms with Crippen molar-refractivity contribution in [2.45, 2.75) is 19.0 Å². The lowest BCUT2D eigenvalue weighted by atomic mass is 10.2. The average molecular weight is 445 g/mol. The Morgan fingerprint density at radius 3 is 2.34 bits per heavy atom. The van der Waals surface area contributed by atoms with Crippen LogP contribution in [0.5, 0.6) is 0 Å². The number of carbonyl (C=O) groups excluding carboxylic acids is 2. The molecule has 32 heavy (non-hydrogen) atoms. The number of carbonyl (C=O) groups is 2. The lowest BCUT2D eigenvalue weighted by molar-refractivity contribution is -0.141. The fourth-order valence-corrected chi connectivity index (χ4v) is 3.23. The van der Waals surface area contributed by atoms with Gasteiger partial charge < -0.3 is 15.5 Å². The van der Waals surface area contributed by atoms with Crippen LogP contribution in [-0.2, 0) is 6.18 Å². The minimum Gasteiger partial charge on any atom is -0.357 e. The number of nitrogens with zero attached hydrogens (tertiary/aromatic N) is 4. The van der Waals surface area contributed by atoms with Crippen LogP contribution >= 0.6 is 0 Å². The molecule has 3 aromatic heterocycles. The minimum atomic E-state index is -4.60. The molecule has 4 rings (SSSR count). The van der Waals surface area contributed by atoms with Crippen molar-refractivity contribution in [1.82, 2.24) is 20.2 Å². The largest absolute Gasteiger partial charge is 0.433 e. The van der Waals surface area contributed by atoms with Crippen LogP contribution in [0.3, 0.4) is 0 Å². The first-order chi connectivity index (χ1) is 15.3. The Labute approximate surface area is 180 Å². The second-order valence-corrected chi connectivity index (χ2v) is 7.10. The molecule has 9 nitrogen and oxygen atoms in total. The Hall–Kier alpha value is -3.96. The van der Waals surface area contributed by atoms with E-state index in [2.05, 4.69) is 35.7 Å². The first-order valence-electron chi connectivity index (χ1n) is 9.71. The molecule has 1 aliphatic rings. The highest BCUT2D eigenvalue weighted by Crippen LogP contribution is 2.27. The van der Waals surface area contributed by atoms with E-state index in [0.717, 1.165) is 44.0 Å². The van der Waals surface area contributed by atoms with E-state index in [1.807, 2.05) is 6.07 Å². The standard InChI is InChI=1S/C20H18F3N7O2/c21-20(22,23)15-5-3-12(9-24-15)18(31)28-14-11-26-29-17(14)19(32)27-13-4-6-16(25-10-13)30-7-1-2-8-30/h3-6,9-11H,1-2,7-8H2,(H,26,29)(H,27,32)(H,28,31). The van der Waals surface area contributed by atoms with Gasteiger partial charge in [0.15, 0.2) is 0 Å². The van der Waals surface area contributed by atoms with Gasteiger partial charge in [-0.3, -0.25) is 19.7 Å². The van der Waals surface area contributed by atoms with Crippen molar-refractivity contribution in [3.63, 3.8) is 0 Å². The maximum absolute atomic E-state index is 12.6. The second kappa shape index (κ2) is 8.65. The Balaban J connectivity index is 1.41. The molecule has 4 heterocycles. The Morgan fingerprint density at radius 2 is 1.72 bits per heavy atom. The third-order valence-electron chi connectivity index (χ3n) is 4.87. The van der Waals surface area contributed by atoms with E-state index in [1.54, 1.807) is 6.07 Å². The summed E-state index contributed by atoms with van der Waals surface area (Å²) in [5.41, 5.74) is -0.721. The van der Waals surface area contributed by atoms with E-state index in [0.29, 0.717) is 11.8 Å². The number of anilines is 3. The van der Waals surface area contributed by atoms with Gasteiger partial charge >= 0.3 is 6.18 Å². The number of nitrogens with one attached hydrogen (secondary N) is 3. The summed E-state index contributed by atoms with van der Waals surface area (Å²) in [5, 5.41) is 11.4. The maximum atomic E-state index is 12.6. The van der Waals surface area contributed by atoms with Crippen LogP contribution in [0.25, 0.3) is 0 Å². The number of hydrogen-bond acceptors (Lipinski definition) is 6. The number of pyridine rings is 2. The van der Waals surface area contributed by atoms with E-state index in [-0.39, 0.29) is 16.9 Å². The summed E-state index contributed by atoms with van der Waals surface area (Å²) in [4.78, 5) is 34.7. The molecule has 0 saturated carbocycles. The van der Waals surface area contributed by atoms with Crippen LogP contribution < -0.4 is 15.5 Å². The normalized spacial score (nSPS) is 13.8. The molecule has 12 heteroatoms. The monoisotopic (exact) mass is 445 g/mol. The van der Waals surface area contributed by atoms with Crippen LogP contribution in [0.15, 0.2) is 42.9 Å². The number of aromatic nitrogens is 4. The fraction of sp³-hybridized carbons (Fsp3) is 0.250. The molecule has 166 valence electrons. The second-order valence-electron chi connectivity index (χ2n) is 7.10. The van der Waals surface area contributed by atoms with Crippen molar-refractivity contribution in [2.24, 2.45) is 0 Å². The SMILES string of the molecule is O=C(Nc1cn[nH]c1C(=O)Nc1ccc(N2CCCC2)nc1)c1ccc(C(F)(F)F)nc1. The first kappa shape index (κ1) is 21.3. The van der Waals surface area contributed by atoms with Crippen LogP contribution in [0.1, 0.15) is 39.4 Å². The number of alkyl halides is 3. The number of rotatable bonds is 5. The Bertz CT molecular complexity index is 1110. The van der Waals surface area contributed by atoms with Gasteiger partial charge in [-0.2, -0.15) is 18.3 Å². The summed E-state index contributed by atoms with van der Waals surface area (Å²) in [6.45, 7) is 1.90. The lowest BCUT2D eigenvalue weighted by Crippen LogP contribution is -2.20. The van der Waals surface area contributed by atoms with Gasteiger partial charge in [0.2, 0.25) is 0 Å². The highest BCUT2D eigenvalue weighted by atomic mass is 19.4. The van der Waals surface area contributed by atoms with Crippen molar-refractivity contribution in [3.8, 4) is 0 Å². The van der Waals surface area contributed by atoms with Gasteiger partial charge in [0.05, 0.1) is 29.3 Å². The van der Waals surface area contributed by atoms with E-state index >= 15 is 0 Å². The highest BCUT2D eigenvalue weighted by Gasteiger charge is 2.32. The van der Waals surface area contributed by atoms with Gasteiger partial charge in [-0.25, -0.2) is 4.98 Å². The first-order valence-corrected chi connectivity index (χ1v) is 9.71. The fourth-order valence-electron chi connectivity index (χ4n) is 3.23. The lowest BCUT2D eigenvalue weighted by Gasteiger charge is -2.16. The molecular formula is C20H18F3N7O2. The van der Waals surface area contributed by atoms with Gasteiger partial charge in [-0.1, -0.05) is 0 Å². The highest BCUT2D eigenvalue weighted by molar-refractivity contribution is 6.11. The van der Waals surface area contributed by atoms with Crippen molar-refractivity contribution >= 4 is 29.0 Å². The average Bonchev–Trinajstić information content (AvgIpc) is 3.46. The summed E-state index contributed by atoms with van der Waals surface area (Å²) in [6, 6.07) is 5.24. The van der Waals surface area contributed by atoms with E-state index in [1.165, 1.54) is 12.4 Å². The van der Waals surface area contributed by atoms with Crippen LogP contribution in [0, 0.1) is 0 Å². The Kier molecular flexibility index (Phi) is 5.75. The summed E-state index contributed by atoms with van der Waals surface area (Å²) < 4.78 is 37.9. The van der Waals surface area contributed by atoms with E-state index < -0.39 is 23.7 Å². The molecule has 1 aliphatic heterocycles. The summed E-state index contributed by atoms with van der Waals surface area (Å²) in [7, 11) is 0. The molecule has 1 saturated heterocycles. The zero-order valence-electron chi connectivity index (χ0n) is 16.6. The predicted molar refractivity (Wildman–Crippen MR) is 109 cm³/mol. The maximum Gasteiger partial charge on any atom is 0.433 e. The molecular weight excluding hydrogens is 427 g/mol. The molecule has 2 amide bonds. The molecule has 0 aliphatic carbocycles. The van der Waals surface area contributed by atoms with Gasteiger partial charge in [0.1, 0.15) is 17.2 Å². The molecule has 3 aromatic rings. The molecule has 0 spiro atoms. The number of hydrogen-bond donors (Lipinski definition) is 3. The smallest absolute Gasteiger partial charge is 0.357 e. The van der Waals surface area contributed by atoms with Gasteiger partial charge in [0, 0.05) is 19.3 Å². The topological polar surface area (TPSA) is 116 Å². The van der Waals surface area contributed by atoms with Crippen molar-refractivity contribution < 1.29 is 22.8 Å². The Morgan fingerprint density at radius 1 is 0.938 bits per heavy atom. The molecule has 0 atom stereocenters. The summed E-state index contributed by atoms with van der Waals surface area (Å²) >= 11 is 0. The van der Waals surface area contributed by atoms with Crippen molar-refractivity contribution in [2.75, 3.05) is 28.6 Å². The molecule has 0 radical (unpaired) electrons. The van der Waals surface area contributed by atoms with Gasteiger partial charge in [0.25, 0.3) is 11.8 Å². The molecule has 1 fully saturated rings. The zero-order chi connectivity index (χ0) is 22.7. The van der Waals surface area contributed by atoms with Crippen molar-refractivity contribution in [3.05, 3.63) is 59.8 Å². The quantitative estimate of drug-likeness (QED) is 0.555. The van der Waals surface area contributed by atoms with Crippen LogP contribution in [0.2, 0.25) is 0 Å².